The Morgan fingerprint density at radius 1 is 0.583 bits per heavy atom. The summed E-state index contributed by atoms with van der Waals surface area (Å²) in [5.41, 5.74) is 0. The molecule has 0 amide bonds. The van der Waals surface area contributed by atoms with Gasteiger partial charge in [0.2, 0.25) is 0 Å². The van der Waals surface area contributed by atoms with E-state index in [2.05, 4.69) is 92.8 Å². The third-order valence-electron chi connectivity index (χ3n) is 6.42. The van der Waals surface area contributed by atoms with Crippen molar-refractivity contribution in [1.82, 2.24) is 0 Å². The minimum absolute atomic E-state index is 0.00124. The van der Waals surface area contributed by atoms with Crippen LogP contribution in [0.4, 0.5) is 0 Å². The monoisotopic (exact) mass is 688 g/mol. The number of esters is 2. The maximum Gasteiger partial charge on any atom is 0.472 e. The third kappa shape index (κ3) is 32.9. The van der Waals surface area contributed by atoms with Crippen LogP contribution in [0.15, 0.2) is 97.2 Å². The number of ether oxygens (including phenoxy) is 2. The molecule has 2 unspecified atom stereocenters. The van der Waals surface area contributed by atoms with Gasteiger partial charge in [0.25, 0.3) is 0 Å². The zero-order valence-electron chi connectivity index (χ0n) is 29.6. The number of carbonyl (C=O) groups excluding carboxylic acids is 2. The number of allylic oxidation sites excluding steroid dienone is 15. The Hall–Kier alpha value is -3.03. The molecule has 48 heavy (non-hydrogen) atoms. The molecule has 0 aromatic carbocycles. The summed E-state index contributed by atoms with van der Waals surface area (Å²) in [5, 5.41) is 0. The second-order valence-corrected chi connectivity index (χ2v) is 12.2. The molecule has 0 rings (SSSR count). The number of hydrogen-bond acceptors (Lipinski definition) is 7. The molecule has 0 aromatic rings. The second-order valence-electron chi connectivity index (χ2n) is 10.8. The van der Waals surface area contributed by atoms with Crippen molar-refractivity contribution >= 4 is 19.8 Å². The quantitative estimate of drug-likeness (QED) is 0.0344. The minimum Gasteiger partial charge on any atom is -0.462 e. The van der Waals surface area contributed by atoms with Gasteiger partial charge in [-0.1, -0.05) is 117 Å². The molecule has 8 nitrogen and oxygen atoms in total. The molecule has 0 fully saturated rings. The summed E-state index contributed by atoms with van der Waals surface area (Å²) in [4.78, 5) is 34.4. The molecule has 0 spiro atoms. The predicted molar refractivity (Wildman–Crippen MR) is 197 cm³/mol. The van der Waals surface area contributed by atoms with E-state index in [1.54, 1.807) is 13.0 Å². The van der Waals surface area contributed by atoms with E-state index in [9.17, 15) is 19.0 Å². The molecule has 0 aliphatic carbocycles. The normalized spacial score (nSPS) is 14.7. The van der Waals surface area contributed by atoms with Crippen LogP contribution in [0.3, 0.4) is 0 Å². The van der Waals surface area contributed by atoms with Gasteiger partial charge in [-0.3, -0.25) is 18.6 Å². The lowest BCUT2D eigenvalue weighted by molar-refractivity contribution is -0.160. The lowest BCUT2D eigenvalue weighted by Gasteiger charge is -2.19. The van der Waals surface area contributed by atoms with Crippen molar-refractivity contribution in [1.29, 1.82) is 0 Å². The van der Waals surface area contributed by atoms with Crippen molar-refractivity contribution in [2.24, 2.45) is 0 Å². The highest BCUT2D eigenvalue weighted by molar-refractivity contribution is 7.47. The van der Waals surface area contributed by atoms with Crippen LogP contribution in [0.25, 0.3) is 0 Å². The molecule has 2 atom stereocenters. The summed E-state index contributed by atoms with van der Waals surface area (Å²) in [6.07, 6.45) is 43.5. The fourth-order valence-electron chi connectivity index (χ4n) is 3.95. The van der Waals surface area contributed by atoms with E-state index in [4.69, 9.17) is 18.5 Å². The van der Waals surface area contributed by atoms with Crippen LogP contribution in [0.2, 0.25) is 0 Å². The van der Waals surface area contributed by atoms with Gasteiger partial charge in [-0.15, -0.1) is 0 Å². The maximum atomic E-state index is 12.4. The number of phosphoric acid groups is 1. The van der Waals surface area contributed by atoms with Crippen LogP contribution >= 0.6 is 7.82 Å². The first-order valence-electron chi connectivity index (χ1n) is 17.5. The van der Waals surface area contributed by atoms with Gasteiger partial charge in [0.05, 0.1) is 19.6 Å². The molecule has 0 radical (unpaired) electrons. The zero-order chi connectivity index (χ0) is 35.4. The van der Waals surface area contributed by atoms with E-state index in [1.165, 1.54) is 0 Å². The van der Waals surface area contributed by atoms with Gasteiger partial charge < -0.3 is 14.4 Å². The summed E-state index contributed by atoms with van der Waals surface area (Å²) in [5.74, 6) is -0.995. The van der Waals surface area contributed by atoms with Crippen molar-refractivity contribution in [3.63, 3.8) is 0 Å². The number of rotatable bonds is 30. The molecule has 0 aromatic heterocycles. The number of unbranched alkanes of at least 4 members (excludes halogenated alkanes) is 3. The molecule has 0 bridgehead atoms. The first-order valence-corrected chi connectivity index (χ1v) is 19.0. The molecule has 9 heteroatoms. The second kappa shape index (κ2) is 33.9. The van der Waals surface area contributed by atoms with Crippen molar-refractivity contribution in [3.05, 3.63) is 97.2 Å². The van der Waals surface area contributed by atoms with Crippen molar-refractivity contribution < 1.29 is 37.6 Å². The highest BCUT2D eigenvalue weighted by Crippen LogP contribution is 2.43. The average Bonchev–Trinajstić information content (AvgIpc) is 3.06. The summed E-state index contributed by atoms with van der Waals surface area (Å²) < 4.78 is 32.3. The van der Waals surface area contributed by atoms with Gasteiger partial charge in [0, 0.05) is 6.42 Å². The van der Waals surface area contributed by atoms with E-state index in [1.807, 2.05) is 12.2 Å². The van der Waals surface area contributed by atoms with Crippen LogP contribution in [0.5, 0.6) is 0 Å². The molecule has 0 aliphatic rings. The van der Waals surface area contributed by atoms with Gasteiger partial charge in [0.1, 0.15) is 6.61 Å². The number of carbonyl (C=O) groups is 2. The fourth-order valence-corrected chi connectivity index (χ4v) is 4.71. The van der Waals surface area contributed by atoms with Gasteiger partial charge in [-0.25, -0.2) is 4.57 Å². The molecular weight excluding hydrogens is 627 g/mol. The van der Waals surface area contributed by atoms with Crippen LogP contribution in [0.1, 0.15) is 111 Å². The highest BCUT2D eigenvalue weighted by atomic mass is 31.2. The summed E-state index contributed by atoms with van der Waals surface area (Å²) in [6, 6.07) is 0. The van der Waals surface area contributed by atoms with Crippen molar-refractivity contribution in [2.45, 2.75) is 117 Å². The van der Waals surface area contributed by atoms with E-state index in [0.717, 1.165) is 64.2 Å². The zero-order valence-corrected chi connectivity index (χ0v) is 30.5. The lowest BCUT2D eigenvalue weighted by Crippen LogP contribution is -2.29. The van der Waals surface area contributed by atoms with Gasteiger partial charge in [-0.2, -0.15) is 0 Å². The van der Waals surface area contributed by atoms with Gasteiger partial charge in [-0.05, 0) is 77.6 Å². The van der Waals surface area contributed by atoms with Crippen LogP contribution < -0.4 is 0 Å². The molecule has 270 valence electrons. The van der Waals surface area contributed by atoms with Crippen molar-refractivity contribution in [2.75, 3.05) is 19.8 Å². The van der Waals surface area contributed by atoms with Gasteiger partial charge in [0.15, 0.2) is 6.10 Å². The smallest absolute Gasteiger partial charge is 0.462 e. The Morgan fingerprint density at radius 2 is 1.06 bits per heavy atom. The molecule has 0 saturated heterocycles. The van der Waals surface area contributed by atoms with E-state index in [-0.39, 0.29) is 26.1 Å². The SMILES string of the molecule is CC/C=C\C/C=C\C/C=C\C/C=C\C/C=C\CC(=O)OC(COC(=O)CCCCC/C=C\C/C=C\C/C=C\CC)COP(=O)(O)OCC. The molecule has 1 N–H and O–H groups in total. The first kappa shape index (κ1) is 45.0. The maximum absolute atomic E-state index is 12.4. The van der Waals surface area contributed by atoms with Gasteiger partial charge >= 0.3 is 19.8 Å². The van der Waals surface area contributed by atoms with Crippen LogP contribution in [-0.4, -0.2) is 42.8 Å². The summed E-state index contributed by atoms with van der Waals surface area (Å²) in [6.45, 7) is 5.04. The molecule has 0 heterocycles. The Bertz CT molecular complexity index is 1100. The minimum atomic E-state index is -4.31. The topological polar surface area (TPSA) is 108 Å². The Balaban J connectivity index is 4.43. The van der Waals surface area contributed by atoms with E-state index >= 15 is 0 Å². The Labute approximate surface area is 290 Å². The Morgan fingerprint density at radius 3 is 1.56 bits per heavy atom. The lowest BCUT2D eigenvalue weighted by atomic mass is 10.1. The molecule has 0 aliphatic heterocycles. The standard InChI is InChI=1S/C39H61O8P/c1-4-7-9-11-13-15-17-19-20-22-24-26-28-30-32-34-39(41)47-37(36-46-48(42,43)45-6-3)35-44-38(40)33-31-29-27-25-23-21-18-16-14-12-10-8-5-2/h7-10,13-16,19-21,23-24,26,30,32,37H,4-6,11-12,17-18,22,25,27-29,31,33-36H2,1-3H3,(H,42,43)/b9-7-,10-8-,15-13-,16-14-,20-19-,23-21-,26-24-,32-30-. The Kier molecular flexibility index (Phi) is 31.7. The highest BCUT2D eigenvalue weighted by Gasteiger charge is 2.25. The first-order chi connectivity index (χ1) is 23.3. The summed E-state index contributed by atoms with van der Waals surface area (Å²) >= 11 is 0. The molecule has 0 saturated carbocycles. The third-order valence-corrected chi connectivity index (χ3v) is 7.48. The largest absolute Gasteiger partial charge is 0.472 e. The predicted octanol–water partition coefficient (Wildman–Crippen LogP) is 10.5. The van der Waals surface area contributed by atoms with Crippen LogP contribution in [-0.2, 0) is 32.7 Å². The fraction of sp³-hybridized carbons (Fsp3) is 0.538. The average molecular weight is 689 g/mol. The van der Waals surface area contributed by atoms with Crippen molar-refractivity contribution in [3.8, 4) is 0 Å². The molecular formula is C39H61O8P. The summed E-state index contributed by atoms with van der Waals surface area (Å²) in [7, 11) is -4.31. The van der Waals surface area contributed by atoms with Crippen LogP contribution in [0, 0.1) is 0 Å². The number of hydrogen-bond donors (Lipinski definition) is 1. The van der Waals surface area contributed by atoms with E-state index in [0.29, 0.717) is 12.8 Å². The van der Waals surface area contributed by atoms with E-state index < -0.39 is 32.5 Å². The number of phosphoric ester groups is 1.